The van der Waals surface area contributed by atoms with Crippen LogP contribution in [0.4, 0.5) is 26.7 Å². The number of unbranched alkanes of at least 4 members (excludes halogenated alkanes) is 1. The first-order valence-electron chi connectivity index (χ1n) is 14.7. The van der Waals surface area contributed by atoms with Crippen molar-refractivity contribution in [1.82, 2.24) is 9.88 Å². The third-order valence-electron chi connectivity index (χ3n) is 6.59. The first-order chi connectivity index (χ1) is 22.5. The van der Waals surface area contributed by atoms with Gasteiger partial charge < -0.3 is 29.0 Å². The van der Waals surface area contributed by atoms with Gasteiger partial charge in [-0.15, -0.1) is 13.2 Å². The van der Waals surface area contributed by atoms with Crippen molar-refractivity contribution in [2.75, 3.05) is 26.4 Å². The van der Waals surface area contributed by atoms with Crippen molar-refractivity contribution in [2.24, 2.45) is 4.99 Å². The molecule has 1 amide bonds. The Morgan fingerprint density at radius 1 is 1.04 bits per heavy atom. The number of fused-ring (bicyclic) bond motifs is 1. The van der Waals surface area contributed by atoms with E-state index in [9.17, 15) is 36.6 Å². The maximum atomic E-state index is 14.3. The molecular weight excluding hydrogens is 645 g/mol. The average molecular weight is 682 g/mol. The van der Waals surface area contributed by atoms with Crippen molar-refractivity contribution in [3.8, 4) is 11.6 Å². The highest BCUT2D eigenvalue weighted by atomic mass is 19.4. The molecule has 0 spiro atoms. The summed E-state index contributed by atoms with van der Waals surface area (Å²) in [4.78, 5) is 33.7. The number of aromatic nitrogens is 1. The molecule has 0 radical (unpaired) electrons. The molecule has 1 heterocycles. The molecule has 0 unspecified atom stereocenters. The predicted octanol–water partition coefficient (Wildman–Crippen LogP) is 7.70. The van der Waals surface area contributed by atoms with Crippen molar-refractivity contribution in [3.63, 3.8) is 0 Å². The average Bonchev–Trinajstić information content (AvgIpc) is 2.97. The van der Waals surface area contributed by atoms with Crippen molar-refractivity contribution >= 4 is 35.8 Å². The number of aromatic carboxylic acids is 1. The van der Waals surface area contributed by atoms with Crippen LogP contribution in [-0.2, 0) is 16.0 Å². The molecule has 0 saturated heterocycles. The van der Waals surface area contributed by atoms with E-state index in [2.05, 4.69) is 21.4 Å². The molecule has 0 aliphatic heterocycles. The molecular formula is C33H36F5N3O7. The number of nitrogens with zero attached hydrogens (tertiary/aromatic N) is 3. The van der Waals surface area contributed by atoms with E-state index in [1.807, 2.05) is 6.92 Å². The van der Waals surface area contributed by atoms with Crippen molar-refractivity contribution < 1.29 is 55.6 Å². The van der Waals surface area contributed by atoms with Gasteiger partial charge in [0.25, 0.3) is 0 Å². The Balaban J connectivity index is 1.58. The zero-order valence-corrected chi connectivity index (χ0v) is 26.8. The van der Waals surface area contributed by atoms with Gasteiger partial charge in [-0.25, -0.2) is 23.4 Å². The number of aryl methyl sites for hydroxylation is 1. The fourth-order valence-corrected chi connectivity index (χ4v) is 4.49. The summed E-state index contributed by atoms with van der Waals surface area (Å²) in [6.07, 6.45) is -2.05. The fraction of sp³-hybridized carbons (Fsp3) is 0.394. The smallest absolute Gasteiger partial charge is 0.478 e. The fourth-order valence-electron chi connectivity index (χ4n) is 4.49. The van der Waals surface area contributed by atoms with Gasteiger partial charge in [-0.05, 0) is 88.7 Å². The first kappa shape index (κ1) is 37.7. The molecule has 0 fully saturated rings. The van der Waals surface area contributed by atoms with Crippen LogP contribution in [0.2, 0.25) is 0 Å². The predicted molar refractivity (Wildman–Crippen MR) is 167 cm³/mol. The van der Waals surface area contributed by atoms with E-state index in [0.29, 0.717) is 36.1 Å². The molecule has 15 heteroatoms. The zero-order chi connectivity index (χ0) is 35.6. The summed E-state index contributed by atoms with van der Waals surface area (Å²) in [5.41, 5.74) is 0.985. The monoisotopic (exact) mass is 681 g/mol. The zero-order valence-electron chi connectivity index (χ0n) is 26.8. The second-order valence-corrected chi connectivity index (χ2v) is 11.5. The molecule has 1 N–H and O–H groups in total. The Labute approximate surface area is 273 Å². The summed E-state index contributed by atoms with van der Waals surface area (Å²) in [7, 11) is 0. The van der Waals surface area contributed by atoms with Crippen LogP contribution in [0.3, 0.4) is 0 Å². The number of carboxylic acid groups (broad SMARTS) is 1. The minimum atomic E-state index is -5.29. The van der Waals surface area contributed by atoms with Crippen LogP contribution in [0.25, 0.3) is 17.0 Å². The Morgan fingerprint density at radius 2 is 1.73 bits per heavy atom. The molecule has 48 heavy (non-hydrogen) atoms. The van der Waals surface area contributed by atoms with E-state index in [1.54, 1.807) is 32.9 Å². The van der Waals surface area contributed by atoms with Gasteiger partial charge in [0, 0.05) is 36.8 Å². The molecule has 3 rings (SSSR count). The molecule has 2 aromatic carbocycles. The van der Waals surface area contributed by atoms with Crippen LogP contribution in [0.15, 0.2) is 41.5 Å². The van der Waals surface area contributed by atoms with E-state index >= 15 is 0 Å². The number of halogens is 5. The second-order valence-electron chi connectivity index (χ2n) is 11.5. The van der Waals surface area contributed by atoms with Crippen molar-refractivity contribution in [1.29, 1.82) is 0 Å². The lowest BCUT2D eigenvalue weighted by molar-refractivity contribution is -0.276. The molecule has 260 valence electrons. The first-order valence-corrected chi connectivity index (χ1v) is 14.7. The summed E-state index contributed by atoms with van der Waals surface area (Å²) in [5, 5.41) is 10.1. The van der Waals surface area contributed by atoms with Crippen LogP contribution >= 0.6 is 0 Å². The van der Waals surface area contributed by atoms with E-state index in [4.69, 9.17) is 14.2 Å². The van der Waals surface area contributed by atoms with Crippen LogP contribution in [0, 0.1) is 18.6 Å². The molecule has 0 saturated carbocycles. The van der Waals surface area contributed by atoms with Gasteiger partial charge in [-0.3, -0.25) is 4.99 Å². The number of pyridine rings is 1. The maximum Gasteiger partial charge on any atom is 0.573 e. The number of alkyl halides is 3. The SMILES string of the molecule is C=N/C=C\c1c(OCCOCCCCN(Cc2cc(F)c(OC(F)(F)F)c(F)c2)C(=O)OC(C)(C)C)nc2cc(C(=O)O)ccc2c1C. The highest BCUT2D eigenvalue weighted by molar-refractivity contribution is 5.95. The van der Waals surface area contributed by atoms with Gasteiger partial charge in [0.2, 0.25) is 11.6 Å². The van der Waals surface area contributed by atoms with Crippen LogP contribution in [0.1, 0.15) is 60.7 Å². The lowest BCUT2D eigenvalue weighted by Crippen LogP contribution is -2.37. The number of rotatable bonds is 15. The van der Waals surface area contributed by atoms with Crippen LogP contribution in [0.5, 0.6) is 11.6 Å². The van der Waals surface area contributed by atoms with Gasteiger partial charge in [-0.1, -0.05) is 6.07 Å². The quantitative estimate of drug-likeness (QED) is 0.0985. The molecule has 0 aliphatic rings. The highest BCUT2D eigenvalue weighted by Crippen LogP contribution is 2.31. The molecule has 10 nitrogen and oxygen atoms in total. The second kappa shape index (κ2) is 16.4. The largest absolute Gasteiger partial charge is 0.573 e. The summed E-state index contributed by atoms with van der Waals surface area (Å²) in [6.45, 7) is 10.5. The molecule has 0 aliphatic carbocycles. The summed E-state index contributed by atoms with van der Waals surface area (Å²) < 4.78 is 86.4. The van der Waals surface area contributed by atoms with Crippen LogP contribution < -0.4 is 9.47 Å². The lowest BCUT2D eigenvalue weighted by Gasteiger charge is -2.27. The minimum Gasteiger partial charge on any atom is -0.478 e. The Morgan fingerprint density at radius 3 is 2.33 bits per heavy atom. The number of hydrogen-bond acceptors (Lipinski definition) is 8. The minimum absolute atomic E-state index is 0.0812. The number of benzene rings is 2. The Kier molecular flexibility index (Phi) is 12.8. The molecule has 1 aromatic heterocycles. The third-order valence-corrected chi connectivity index (χ3v) is 6.59. The number of carbonyl (C=O) groups excluding carboxylic acids is 1. The number of hydrogen-bond donors (Lipinski definition) is 1. The summed E-state index contributed by atoms with van der Waals surface area (Å²) in [5.74, 6) is -5.55. The van der Waals surface area contributed by atoms with E-state index in [0.717, 1.165) is 10.9 Å². The number of ether oxygens (including phenoxy) is 4. The topological polar surface area (TPSA) is 120 Å². The van der Waals surface area contributed by atoms with E-state index < -0.39 is 41.4 Å². The number of amides is 1. The highest BCUT2D eigenvalue weighted by Gasteiger charge is 2.34. The Bertz CT molecular complexity index is 1630. The number of carboxylic acids is 1. The summed E-state index contributed by atoms with van der Waals surface area (Å²) in [6, 6.07) is 5.95. The Hall–Kier alpha value is -4.79. The molecule has 0 bridgehead atoms. The van der Waals surface area contributed by atoms with Crippen LogP contribution in [-0.4, -0.2) is 72.1 Å². The number of carbonyl (C=O) groups is 2. The molecule has 3 aromatic rings. The molecule has 0 atom stereocenters. The van der Waals surface area contributed by atoms with E-state index in [1.165, 1.54) is 23.2 Å². The van der Waals surface area contributed by atoms with Gasteiger partial charge >= 0.3 is 18.4 Å². The van der Waals surface area contributed by atoms with E-state index in [-0.39, 0.29) is 49.9 Å². The van der Waals surface area contributed by atoms with Gasteiger partial charge in [0.05, 0.1) is 17.7 Å². The van der Waals surface area contributed by atoms with Gasteiger partial charge in [0.15, 0.2) is 11.6 Å². The standard InChI is InChI=1S/C33H36F5N3O7/c1-20-23-9-8-22(30(42)43)18-27(23)40-29(24(20)10-11-39-5)46-15-14-45-13-7-6-12-41(31(44)48-32(2,3)4)19-21-16-25(34)28(26(35)17-21)47-33(36,37)38/h8-11,16-18H,5-7,12-15,19H2,1-4H3,(H,42,43)/b11-10-. The normalized spacial score (nSPS) is 11.9. The third kappa shape index (κ3) is 11.2. The maximum absolute atomic E-state index is 14.3. The van der Waals surface area contributed by atoms with Crippen molar-refractivity contribution in [3.05, 3.63) is 70.4 Å². The van der Waals surface area contributed by atoms with Gasteiger partial charge in [0.1, 0.15) is 12.2 Å². The van der Waals surface area contributed by atoms with Gasteiger partial charge in [-0.2, -0.15) is 0 Å². The van der Waals surface area contributed by atoms with Crippen molar-refractivity contribution in [2.45, 2.75) is 59.0 Å². The summed E-state index contributed by atoms with van der Waals surface area (Å²) >= 11 is 0. The lowest BCUT2D eigenvalue weighted by atomic mass is 10.0. The number of aliphatic imine (C=N–C) groups is 1.